The average Bonchev–Trinajstić information content (AvgIpc) is 3.44. The highest BCUT2D eigenvalue weighted by Gasteiger charge is 2.44. The number of amides is 1. The van der Waals surface area contributed by atoms with Crippen LogP contribution in [0.4, 0.5) is 22.9 Å². The Morgan fingerprint density at radius 1 is 1.18 bits per heavy atom. The highest BCUT2D eigenvalue weighted by atomic mass is 16.6. The summed E-state index contributed by atoms with van der Waals surface area (Å²) in [7, 11) is 0. The summed E-state index contributed by atoms with van der Waals surface area (Å²) >= 11 is 0. The summed E-state index contributed by atoms with van der Waals surface area (Å²) in [4.78, 5) is 42.5. The Balaban J connectivity index is 1.65. The topological polar surface area (TPSA) is 228 Å². The number of nitrogens with one attached hydrogen (secondary N) is 2. The molecule has 1 saturated heterocycles. The van der Waals surface area contributed by atoms with E-state index in [1.807, 2.05) is 0 Å². The van der Waals surface area contributed by atoms with Crippen molar-refractivity contribution in [2.75, 3.05) is 17.2 Å². The lowest BCUT2D eigenvalue weighted by molar-refractivity contribution is -0.393. The molecule has 16 nitrogen and oxygen atoms in total. The number of carbonyl (C=O) groups is 1. The van der Waals surface area contributed by atoms with Crippen LogP contribution in [0.15, 0.2) is 29.5 Å². The number of aromatic nitrogens is 2. The van der Waals surface area contributed by atoms with E-state index in [2.05, 4.69) is 20.6 Å². The van der Waals surface area contributed by atoms with E-state index in [0.717, 1.165) is 56.6 Å². The second-order valence-corrected chi connectivity index (χ2v) is 8.96. The van der Waals surface area contributed by atoms with Crippen LogP contribution in [-0.4, -0.2) is 77.9 Å². The maximum Gasteiger partial charge on any atom is 0.299 e. The third-order valence-corrected chi connectivity index (χ3v) is 6.50. The fourth-order valence-electron chi connectivity index (χ4n) is 4.48. The van der Waals surface area contributed by atoms with Crippen molar-refractivity contribution in [1.82, 2.24) is 9.55 Å². The average molecular weight is 533 g/mol. The minimum absolute atomic E-state index is 0.00136. The van der Waals surface area contributed by atoms with Crippen molar-refractivity contribution in [2.24, 2.45) is 4.99 Å². The number of nitro benzene ring substituents is 2. The monoisotopic (exact) mass is 533 g/mol. The van der Waals surface area contributed by atoms with Gasteiger partial charge in [0.2, 0.25) is 0 Å². The summed E-state index contributed by atoms with van der Waals surface area (Å²) in [6, 6.07) is 2.86. The van der Waals surface area contributed by atoms with E-state index in [1.165, 1.54) is 10.9 Å². The number of aliphatic imine (C=N–C) groups is 1. The number of nitrogens with zero attached hydrogens (tertiary/aromatic N) is 5. The summed E-state index contributed by atoms with van der Waals surface area (Å²) in [5, 5.41) is 57.8. The van der Waals surface area contributed by atoms with E-state index >= 15 is 0 Å². The molecular formula is C22H27N7O9. The minimum Gasteiger partial charge on any atom is -0.394 e. The summed E-state index contributed by atoms with van der Waals surface area (Å²) in [6.45, 7) is -0.563. The Kier molecular flexibility index (Phi) is 8.26. The van der Waals surface area contributed by atoms with Crippen LogP contribution in [0.3, 0.4) is 0 Å². The molecule has 1 saturated carbocycles. The zero-order valence-electron chi connectivity index (χ0n) is 20.0. The molecule has 2 aromatic rings. The molecule has 0 bridgehead atoms. The third-order valence-electron chi connectivity index (χ3n) is 6.50. The second kappa shape index (κ2) is 11.6. The summed E-state index contributed by atoms with van der Waals surface area (Å²) in [5.41, 5.74) is -1.77. The first-order valence-electron chi connectivity index (χ1n) is 11.9. The fraction of sp³-hybridized carbons (Fsp3) is 0.500. The van der Waals surface area contributed by atoms with Crippen LogP contribution in [0.1, 0.15) is 48.8 Å². The second-order valence-electron chi connectivity index (χ2n) is 8.96. The Labute approximate surface area is 215 Å². The number of hydrogen-bond acceptors (Lipinski definition) is 11. The van der Waals surface area contributed by atoms with Gasteiger partial charge in [0, 0.05) is 6.07 Å². The van der Waals surface area contributed by atoms with Crippen molar-refractivity contribution in [3.05, 3.63) is 50.4 Å². The summed E-state index contributed by atoms with van der Waals surface area (Å²) < 4.78 is 6.80. The SMILES string of the molecule is O=C(Nc1ccc([N+](=O)[O-])cc1[N+](=O)[O-])c1ncn([C@@H]2O[C@H](CO)[C@@H](O)[C@H]2O)c1NC=NC1CCCCC1. The first kappa shape index (κ1) is 27.1. The van der Waals surface area contributed by atoms with E-state index in [0.29, 0.717) is 0 Å². The number of nitro groups is 2. The molecule has 38 heavy (non-hydrogen) atoms. The smallest absolute Gasteiger partial charge is 0.299 e. The lowest BCUT2D eigenvalue weighted by atomic mass is 9.96. The van der Waals surface area contributed by atoms with Gasteiger partial charge in [-0.15, -0.1) is 0 Å². The molecule has 4 rings (SSSR count). The highest BCUT2D eigenvalue weighted by molar-refractivity contribution is 6.08. The number of hydrogen-bond donors (Lipinski definition) is 5. The van der Waals surface area contributed by atoms with Gasteiger partial charge in [-0.05, 0) is 18.9 Å². The van der Waals surface area contributed by atoms with Gasteiger partial charge in [0.25, 0.3) is 17.3 Å². The predicted molar refractivity (Wildman–Crippen MR) is 132 cm³/mol. The van der Waals surface area contributed by atoms with Gasteiger partial charge in [0.15, 0.2) is 11.9 Å². The molecule has 4 atom stereocenters. The normalized spacial score (nSPS) is 24.0. The van der Waals surface area contributed by atoms with Crippen LogP contribution in [-0.2, 0) is 4.74 Å². The molecule has 5 N–H and O–H groups in total. The van der Waals surface area contributed by atoms with Crippen molar-refractivity contribution in [3.8, 4) is 0 Å². The zero-order chi connectivity index (χ0) is 27.4. The molecule has 0 radical (unpaired) electrons. The molecule has 1 aromatic carbocycles. The van der Waals surface area contributed by atoms with Crippen LogP contribution in [0.25, 0.3) is 0 Å². The van der Waals surface area contributed by atoms with E-state index in [-0.39, 0.29) is 23.2 Å². The maximum atomic E-state index is 13.2. The molecule has 1 aliphatic heterocycles. The van der Waals surface area contributed by atoms with Crippen LogP contribution in [0.5, 0.6) is 0 Å². The van der Waals surface area contributed by atoms with Gasteiger partial charge in [0.1, 0.15) is 29.8 Å². The van der Waals surface area contributed by atoms with Gasteiger partial charge in [0.05, 0.1) is 41.2 Å². The number of non-ortho nitro benzene ring substituents is 1. The predicted octanol–water partition coefficient (Wildman–Crippen LogP) is 1.34. The largest absolute Gasteiger partial charge is 0.394 e. The van der Waals surface area contributed by atoms with Gasteiger partial charge < -0.3 is 30.7 Å². The Bertz CT molecular complexity index is 1230. The summed E-state index contributed by atoms with van der Waals surface area (Å²) in [6.07, 6.45) is 2.40. The van der Waals surface area contributed by atoms with Crippen molar-refractivity contribution < 1.29 is 34.7 Å². The van der Waals surface area contributed by atoms with Crippen LogP contribution < -0.4 is 10.6 Å². The van der Waals surface area contributed by atoms with E-state index in [4.69, 9.17) is 4.74 Å². The van der Waals surface area contributed by atoms with Gasteiger partial charge in [-0.1, -0.05) is 19.3 Å². The van der Waals surface area contributed by atoms with Gasteiger partial charge in [-0.25, -0.2) is 4.98 Å². The van der Waals surface area contributed by atoms with E-state index in [9.17, 15) is 40.3 Å². The van der Waals surface area contributed by atoms with E-state index < -0.39 is 58.3 Å². The fourth-order valence-corrected chi connectivity index (χ4v) is 4.48. The number of rotatable bonds is 9. The maximum absolute atomic E-state index is 13.2. The quantitative estimate of drug-likeness (QED) is 0.134. The molecule has 1 amide bonds. The minimum atomic E-state index is -1.47. The lowest BCUT2D eigenvalue weighted by Gasteiger charge is -2.20. The summed E-state index contributed by atoms with van der Waals surface area (Å²) in [5.74, 6) is -0.900. The Hall–Kier alpha value is -3.99. The van der Waals surface area contributed by atoms with Crippen molar-refractivity contribution >= 4 is 35.1 Å². The van der Waals surface area contributed by atoms with Crippen molar-refractivity contribution in [1.29, 1.82) is 0 Å². The van der Waals surface area contributed by atoms with Crippen molar-refractivity contribution in [3.63, 3.8) is 0 Å². The van der Waals surface area contributed by atoms with Crippen LogP contribution in [0, 0.1) is 20.2 Å². The number of aliphatic hydroxyl groups is 3. The number of aliphatic hydroxyl groups excluding tert-OH is 3. The molecule has 0 unspecified atom stereocenters. The lowest BCUT2D eigenvalue weighted by Crippen LogP contribution is -2.33. The molecule has 204 valence electrons. The number of anilines is 2. The molecule has 16 heteroatoms. The molecule has 2 fully saturated rings. The molecule has 1 aliphatic carbocycles. The third kappa shape index (κ3) is 5.62. The molecule has 0 spiro atoms. The highest BCUT2D eigenvalue weighted by Crippen LogP contribution is 2.34. The van der Waals surface area contributed by atoms with Gasteiger partial charge in [-0.3, -0.25) is 34.6 Å². The zero-order valence-corrected chi connectivity index (χ0v) is 20.0. The first-order valence-corrected chi connectivity index (χ1v) is 11.9. The van der Waals surface area contributed by atoms with Gasteiger partial charge >= 0.3 is 0 Å². The first-order chi connectivity index (χ1) is 18.2. The molecular weight excluding hydrogens is 506 g/mol. The van der Waals surface area contributed by atoms with E-state index in [1.54, 1.807) is 0 Å². The molecule has 1 aromatic heterocycles. The number of ether oxygens (including phenoxy) is 1. The number of imidazole rings is 1. The standard InChI is InChI=1S/C22H27N7O9/c30-9-16-18(31)19(32)22(38-16)27-11-25-17(20(27)24-10-23-12-4-2-1-3-5-12)21(33)26-14-7-6-13(28(34)35)8-15(14)29(36)37/h6-8,10-12,16,18-19,22,30-32H,1-5,9H2,(H,23,24)(H,26,33)/t16-,18-,19-,22-/m1/s1. The Morgan fingerprint density at radius 3 is 2.55 bits per heavy atom. The molecule has 2 heterocycles. The van der Waals surface area contributed by atoms with Crippen LogP contribution >= 0.6 is 0 Å². The molecule has 2 aliphatic rings. The van der Waals surface area contributed by atoms with Crippen LogP contribution in [0.2, 0.25) is 0 Å². The number of benzene rings is 1. The van der Waals surface area contributed by atoms with Crippen molar-refractivity contribution in [2.45, 2.75) is 62.7 Å². The number of carbonyl (C=O) groups excluding carboxylic acids is 1. The van der Waals surface area contributed by atoms with Gasteiger partial charge in [-0.2, -0.15) is 0 Å². The Morgan fingerprint density at radius 2 is 1.92 bits per heavy atom.